The van der Waals surface area contributed by atoms with Gasteiger partial charge in [-0.25, -0.2) is 8.78 Å². The number of hydrogen-bond donors (Lipinski definition) is 2. The van der Waals surface area contributed by atoms with Crippen LogP contribution in [0.3, 0.4) is 0 Å². The van der Waals surface area contributed by atoms with Crippen molar-refractivity contribution < 1.29 is 18.4 Å². The molecule has 0 radical (unpaired) electrons. The molecule has 1 aliphatic rings. The molecule has 4 nitrogen and oxygen atoms in total. The fourth-order valence-electron chi connectivity index (χ4n) is 2.78. The van der Waals surface area contributed by atoms with E-state index in [9.17, 15) is 18.4 Å². The van der Waals surface area contributed by atoms with Crippen LogP contribution in [-0.2, 0) is 9.59 Å². The summed E-state index contributed by atoms with van der Waals surface area (Å²) in [5.41, 5.74) is 0.227. The van der Waals surface area contributed by atoms with E-state index in [1.165, 1.54) is 7.05 Å². The lowest BCUT2D eigenvalue weighted by atomic mass is 10.0. The first-order valence-electron chi connectivity index (χ1n) is 7.80. The Morgan fingerprint density at radius 3 is 2.61 bits per heavy atom. The third kappa shape index (κ3) is 4.27. The summed E-state index contributed by atoms with van der Waals surface area (Å²) >= 11 is 0. The average molecular weight is 324 g/mol. The quantitative estimate of drug-likeness (QED) is 0.844. The number of nitrogens with one attached hydrogen (secondary N) is 2. The molecular weight excluding hydrogens is 302 g/mol. The van der Waals surface area contributed by atoms with Crippen LogP contribution in [-0.4, -0.2) is 24.9 Å². The lowest BCUT2D eigenvalue weighted by Crippen LogP contribution is -2.47. The van der Waals surface area contributed by atoms with Crippen LogP contribution in [0.25, 0.3) is 0 Å². The summed E-state index contributed by atoms with van der Waals surface area (Å²) in [6, 6.07) is 2.66. The van der Waals surface area contributed by atoms with Crippen molar-refractivity contribution >= 4 is 11.8 Å². The van der Waals surface area contributed by atoms with Gasteiger partial charge in [0.1, 0.15) is 17.7 Å². The van der Waals surface area contributed by atoms with E-state index in [4.69, 9.17) is 0 Å². The monoisotopic (exact) mass is 324 g/mol. The highest BCUT2D eigenvalue weighted by Crippen LogP contribution is 2.48. The van der Waals surface area contributed by atoms with Gasteiger partial charge in [-0.05, 0) is 48.4 Å². The Kier molecular flexibility index (Phi) is 5.34. The van der Waals surface area contributed by atoms with Crippen LogP contribution < -0.4 is 10.6 Å². The fourth-order valence-corrected chi connectivity index (χ4v) is 2.78. The largest absolute Gasteiger partial charge is 0.357 e. The molecule has 0 saturated heterocycles. The highest BCUT2D eigenvalue weighted by molar-refractivity contribution is 5.90. The second-order valence-corrected chi connectivity index (χ2v) is 6.42. The lowest BCUT2D eigenvalue weighted by Gasteiger charge is -2.19. The van der Waals surface area contributed by atoms with Gasteiger partial charge in [0.15, 0.2) is 0 Å². The van der Waals surface area contributed by atoms with Gasteiger partial charge in [0.2, 0.25) is 11.8 Å². The smallest absolute Gasteiger partial charge is 0.242 e. The molecule has 6 heteroatoms. The van der Waals surface area contributed by atoms with Crippen molar-refractivity contribution in [2.45, 2.75) is 38.6 Å². The third-order valence-electron chi connectivity index (χ3n) is 4.07. The molecule has 2 rings (SSSR count). The lowest BCUT2D eigenvalue weighted by molar-refractivity contribution is -0.129. The molecule has 0 aromatic heterocycles. The fraction of sp³-hybridized carbons (Fsp3) is 0.529. The second kappa shape index (κ2) is 7.06. The normalized spacial score (nSPS) is 21.0. The van der Waals surface area contributed by atoms with Gasteiger partial charge < -0.3 is 10.6 Å². The van der Waals surface area contributed by atoms with Crippen molar-refractivity contribution in [2.24, 2.45) is 11.8 Å². The molecule has 0 heterocycles. The third-order valence-corrected chi connectivity index (χ3v) is 4.07. The number of amides is 2. The van der Waals surface area contributed by atoms with Crippen LogP contribution in [0.5, 0.6) is 0 Å². The summed E-state index contributed by atoms with van der Waals surface area (Å²) < 4.78 is 27.0. The van der Waals surface area contributed by atoms with Gasteiger partial charge >= 0.3 is 0 Å². The van der Waals surface area contributed by atoms with Crippen molar-refractivity contribution in [1.29, 1.82) is 0 Å². The summed E-state index contributed by atoms with van der Waals surface area (Å²) in [6.07, 6.45) is 0.992. The molecule has 0 spiro atoms. The average Bonchev–Trinajstić information content (AvgIpc) is 3.28. The molecule has 1 aliphatic carbocycles. The van der Waals surface area contributed by atoms with E-state index in [1.54, 1.807) is 0 Å². The minimum Gasteiger partial charge on any atom is -0.357 e. The van der Waals surface area contributed by atoms with Crippen molar-refractivity contribution in [3.05, 3.63) is 35.4 Å². The van der Waals surface area contributed by atoms with Gasteiger partial charge in [-0.1, -0.05) is 13.8 Å². The Labute approximate surface area is 134 Å². The minimum atomic E-state index is -0.605. The molecule has 2 N–H and O–H groups in total. The molecule has 0 aliphatic heterocycles. The Hall–Kier alpha value is -1.98. The van der Waals surface area contributed by atoms with Crippen molar-refractivity contribution in [2.75, 3.05) is 7.05 Å². The summed E-state index contributed by atoms with van der Waals surface area (Å²) in [4.78, 5) is 24.1. The van der Waals surface area contributed by atoms with E-state index in [0.717, 1.165) is 18.2 Å². The van der Waals surface area contributed by atoms with Crippen LogP contribution in [0.4, 0.5) is 8.78 Å². The maximum Gasteiger partial charge on any atom is 0.242 e. The van der Waals surface area contributed by atoms with E-state index in [0.29, 0.717) is 12.8 Å². The minimum absolute atomic E-state index is 0.227. The van der Waals surface area contributed by atoms with Crippen LogP contribution in [0.2, 0.25) is 0 Å². The molecule has 1 saturated carbocycles. The Balaban J connectivity index is 2.01. The van der Waals surface area contributed by atoms with Gasteiger partial charge in [-0.2, -0.15) is 0 Å². The zero-order valence-corrected chi connectivity index (χ0v) is 13.5. The number of hydrogen-bond acceptors (Lipinski definition) is 2. The number of rotatable bonds is 6. The Morgan fingerprint density at radius 2 is 2.00 bits per heavy atom. The highest BCUT2D eigenvalue weighted by Gasteiger charge is 2.46. The second-order valence-electron chi connectivity index (χ2n) is 6.42. The molecule has 126 valence electrons. The number of carbonyl (C=O) groups is 2. The number of carbonyl (C=O) groups excluding carboxylic acids is 2. The van der Waals surface area contributed by atoms with Crippen LogP contribution >= 0.6 is 0 Å². The molecule has 2 amide bonds. The zero-order chi connectivity index (χ0) is 17.1. The highest BCUT2D eigenvalue weighted by atomic mass is 19.1. The predicted octanol–water partition coefficient (Wildman–Crippen LogP) is 2.35. The molecule has 0 unspecified atom stereocenters. The predicted molar refractivity (Wildman–Crippen MR) is 82.7 cm³/mol. The first kappa shape index (κ1) is 17.4. The van der Waals surface area contributed by atoms with Gasteiger partial charge in [-0.15, -0.1) is 0 Å². The Bertz CT molecular complexity index is 604. The van der Waals surface area contributed by atoms with Crippen LogP contribution in [0.15, 0.2) is 18.2 Å². The van der Waals surface area contributed by atoms with Gasteiger partial charge in [-0.3, -0.25) is 9.59 Å². The molecule has 3 atom stereocenters. The first-order chi connectivity index (χ1) is 10.8. The summed E-state index contributed by atoms with van der Waals surface area (Å²) in [7, 11) is 1.52. The number of halogens is 2. The molecule has 0 bridgehead atoms. The van der Waals surface area contributed by atoms with E-state index in [1.807, 2.05) is 13.8 Å². The van der Waals surface area contributed by atoms with E-state index < -0.39 is 23.6 Å². The molecule has 1 aromatic carbocycles. The summed E-state index contributed by atoms with van der Waals surface area (Å²) in [5.74, 6) is -2.05. The van der Waals surface area contributed by atoms with Gasteiger partial charge in [0.05, 0.1) is 0 Å². The molecule has 23 heavy (non-hydrogen) atoms. The molecule has 1 aromatic rings. The number of likely N-dealkylation sites (N-methyl/N-ethyl adjacent to an activating group) is 1. The first-order valence-corrected chi connectivity index (χ1v) is 7.80. The van der Waals surface area contributed by atoms with Crippen molar-refractivity contribution in [3.8, 4) is 0 Å². The molecular formula is C17H22F2N2O2. The van der Waals surface area contributed by atoms with E-state index >= 15 is 0 Å². The standard InChI is InChI=1S/C17H22F2N2O2/c1-9(2)6-15(17(23)20-3)21-16(22)13-8-11(13)12-7-10(18)4-5-14(12)19/h4-5,7,9,11,13,15H,6,8H2,1-3H3,(H,20,23)(H,21,22)/t11-,13+,15-/m0/s1. The zero-order valence-electron chi connectivity index (χ0n) is 13.5. The Morgan fingerprint density at radius 1 is 1.30 bits per heavy atom. The van der Waals surface area contributed by atoms with E-state index in [2.05, 4.69) is 10.6 Å². The van der Waals surface area contributed by atoms with Crippen molar-refractivity contribution in [1.82, 2.24) is 10.6 Å². The van der Waals surface area contributed by atoms with Gasteiger partial charge in [0.25, 0.3) is 0 Å². The topological polar surface area (TPSA) is 58.2 Å². The van der Waals surface area contributed by atoms with Gasteiger partial charge in [0, 0.05) is 13.0 Å². The maximum absolute atomic E-state index is 13.8. The summed E-state index contributed by atoms with van der Waals surface area (Å²) in [6.45, 7) is 3.92. The summed E-state index contributed by atoms with van der Waals surface area (Å²) in [5, 5.41) is 5.26. The van der Waals surface area contributed by atoms with E-state index in [-0.39, 0.29) is 29.2 Å². The number of benzene rings is 1. The van der Waals surface area contributed by atoms with Crippen LogP contribution in [0.1, 0.15) is 38.2 Å². The maximum atomic E-state index is 13.8. The molecule has 1 fully saturated rings. The van der Waals surface area contributed by atoms with Crippen molar-refractivity contribution in [3.63, 3.8) is 0 Å². The SMILES string of the molecule is CNC(=O)[C@H](CC(C)C)NC(=O)[C@@H]1C[C@H]1c1cc(F)ccc1F. The van der Waals surface area contributed by atoms with Crippen LogP contribution in [0, 0.1) is 23.5 Å².